The van der Waals surface area contributed by atoms with Crippen molar-refractivity contribution in [2.24, 2.45) is 5.92 Å². The molecule has 3 N–H and O–H groups in total. The van der Waals surface area contributed by atoms with Gasteiger partial charge < -0.3 is 20.5 Å². The molecule has 2 amide bonds. The highest BCUT2D eigenvalue weighted by atomic mass is 16.5. The summed E-state index contributed by atoms with van der Waals surface area (Å²) in [4.78, 5) is 35.7. The molecular formula is C28H36N2O5. The number of amides is 2. The molecule has 0 saturated heterocycles. The molecule has 2 unspecified atom stereocenters. The molecule has 2 aromatic rings. The summed E-state index contributed by atoms with van der Waals surface area (Å²) in [5.74, 6) is -0.963. The van der Waals surface area contributed by atoms with E-state index in [9.17, 15) is 19.5 Å². The van der Waals surface area contributed by atoms with Gasteiger partial charge in [0.15, 0.2) is 0 Å². The third-order valence-electron chi connectivity index (χ3n) is 6.73. The minimum atomic E-state index is -1.00. The van der Waals surface area contributed by atoms with E-state index >= 15 is 0 Å². The van der Waals surface area contributed by atoms with Crippen LogP contribution in [0.25, 0.3) is 11.1 Å². The first-order valence-electron chi connectivity index (χ1n) is 12.6. The van der Waals surface area contributed by atoms with E-state index in [0.717, 1.165) is 12.8 Å². The third-order valence-corrected chi connectivity index (χ3v) is 6.73. The van der Waals surface area contributed by atoms with Gasteiger partial charge in [0.1, 0.15) is 12.6 Å². The quantitative estimate of drug-likeness (QED) is 0.370. The molecule has 0 saturated carbocycles. The Kier molecular flexibility index (Phi) is 9.70. The lowest BCUT2D eigenvalue weighted by atomic mass is 9.96. The van der Waals surface area contributed by atoms with Gasteiger partial charge in [0.2, 0.25) is 5.91 Å². The molecule has 1 aliphatic rings. The van der Waals surface area contributed by atoms with Crippen LogP contribution in [0.2, 0.25) is 0 Å². The van der Waals surface area contributed by atoms with Crippen molar-refractivity contribution in [1.82, 2.24) is 10.6 Å². The van der Waals surface area contributed by atoms with Crippen LogP contribution in [0.4, 0.5) is 4.79 Å². The minimum Gasteiger partial charge on any atom is -0.480 e. The van der Waals surface area contributed by atoms with Crippen LogP contribution in [0.15, 0.2) is 48.5 Å². The van der Waals surface area contributed by atoms with Crippen LogP contribution in [0.1, 0.15) is 69.4 Å². The van der Waals surface area contributed by atoms with Crippen molar-refractivity contribution in [3.63, 3.8) is 0 Å². The predicted molar refractivity (Wildman–Crippen MR) is 135 cm³/mol. The normalized spacial score (nSPS) is 13.9. The highest BCUT2D eigenvalue weighted by Crippen LogP contribution is 2.44. The molecular weight excluding hydrogens is 444 g/mol. The van der Waals surface area contributed by atoms with E-state index in [0.29, 0.717) is 25.8 Å². The van der Waals surface area contributed by atoms with Crippen molar-refractivity contribution >= 4 is 18.0 Å². The van der Waals surface area contributed by atoms with Crippen molar-refractivity contribution in [2.45, 2.75) is 64.3 Å². The van der Waals surface area contributed by atoms with Crippen molar-refractivity contribution in [1.29, 1.82) is 0 Å². The molecule has 0 aromatic heterocycles. The molecule has 0 radical (unpaired) electrons. The van der Waals surface area contributed by atoms with Gasteiger partial charge in [0, 0.05) is 18.9 Å². The highest BCUT2D eigenvalue weighted by molar-refractivity contribution is 5.83. The number of ether oxygens (including phenoxy) is 1. The van der Waals surface area contributed by atoms with Gasteiger partial charge in [-0.2, -0.15) is 0 Å². The number of aliphatic carboxylic acids is 1. The number of fused-ring (bicyclic) bond motifs is 3. The van der Waals surface area contributed by atoms with E-state index in [2.05, 4.69) is 34.9 Å². The first-order chi connectivity index (χ1) is 16.9. The van der Waals surface area contributed by atoms with E-state index in [1.807, 2.05) is 38.1 Å². The van der Waals surface area contributed by atoms with Crippen molar-refractivity contribution < 1.29 is 24.2 Å². The molecule has 1 aliphatic carbocycles. The fraction of sp³-hybridized carbons (Fsp3) is 0.464. The summed E-state index contributed by atoms with van der Waals surface area (Å²) < 4.78 is 5.57. The van der Waals surface area contributed by atoms with E-state index in [1.165, 1.54) is 22.3 Å². The molecule has 2 atom stereocenters. The summed E-state index contributed by atoms with van der Waals surface area (Å²) in [6.45, 7) is 4.68. The Morgan fingerprint density at radius 2 is 1.57 bits per heavy atom. The zero-order valence-electron chi connectivity index (χ0n) is 20.6. The summed E-state index contributed by atoms with van der Waals surface area (Å²) >= 11 is 0. The summed E-state index contributed by atoms with van der Waals surface area (Å²) in [5, 5.41) is 14.6. The van der Waals surface area contributed by atoms with Crippen LogP contribution >= 0.6 is 0 Å². The molecule has 7 nitrogen and oxygen atoms in total. The maximum Gasteiger partial charge on any atom is 0.407 e. The second-order valence-electron chi connectivity index (χ2n) is 9.10. The van der Waals surface area contributed by atoms with Gasteiger partial charge in [-0.15, -0.1) is 0 Å². The largest absolute Gasteiger partial charge is 0.480 e. The van der Waals surface area contributed by atoms with Crippen LogP contribution < -0.4 is 10.6 Å². The molecule has 0 spiro atoms. The summed E-state index contributed by atoms with van der Waals surface area (Å²) in [6.07, 6.45) is 3.19. The molecule has 0 bridgehead atoms. The molecule has 0 heterocycles. The zero-order chi connectivity index (χ0) is 25.2. The number of carbonyl (C=O) groups excluding carboxylic acids is 2. The average Bonchev–Trinajstić information content (AvgIpc) is 3.18. The van der Waals surface area contributed by atoms with E-state index in [4.69, 9.17) is 4.74 Å². The second kappa shape index (κ2) is 12.9. The van der Waals surface area contributed by atoms with Crippen molar-refractivity contribution in [3.8, 4) is 11.1 Å². The van der Waals surface area contributed by atoms with Crippen molar-refractivity contribution in [3.05, 3.63) is 59.7 Å². The third kappa shape index (κ3) is 7.07. The SMILES string of the molecule is CCCC(NC(=O)CCC(CC)CCNC(=O)OCC1c2ccccc2-c2ccccc21)C(=O)O. The maximum absolute atomic E-state index is 12.4. The lowest BCUT2D eigenvalue weighted by Crippen LogP contribution is -2.40. The number of carboxylic acid groups (broad SMARTS) is 1. The Bertz CT molecular complexity index is 976. The van der Waals surface area contributed by atoms with Gasteiger partial charge in [0.05, 0.1) is 0 Å². The second-order valence-corrected chi connectivity index (χ2v) is 9.10. The lowest BCUT2D eigenvalue weighted by molar-refractivity contribution is -0.142. The molecule has 2 aromatic carbocycles. The Morgan fingerprint density at radius 3 is 2.14 bits per heavy atom. The number of nitrogens with one attached hydrogen (secondary N) is 2. The maximum atomic E-state index is 12.4. The summed E-state index contributed by atoms with van der Waals surface area (Å²) in [6, 6.07) is 15.6. The van der Waals surface area contributed by atoms with Gasteiger partial charge in [-0.25, -0.2) is 9.59 Å². The fourth-order valence-corrected chi connectivity index (χ4v) is 4.73. The molecule has 0 fully saturated rings. The van der Waals surface area contributed by atoms with Crippen LogP contribution in [-0.2, 0) is 14.3 Å². The van der Waals surface area contributed by atoms with Crippen LogP contribution in [0, 0.1) is 5.92 Å². The number of carbonyl (C=O) groups is 3. The lowest BCUT2D eigenvalue weighted by Gasteiger charge is -2.18. The van der Waals surface area contributed by atoms with Crippen molar-refractivity contribution in [2.75, 3.05) is 13.2 Å². The molecule has 7 heteroatoms. The molecule has 3 rings (SSSR count). The number of hydrogen-bond donors (Lipinski definition) is 3. The molecule has 188 valence electrons. The van der Waals surface area contributed by atoms with Gasteiger partial charge in [-0.3, -0.25) is 4.79 Å². The number of alkyl carbamates (subject to hydrolysis) is 1. The highest BCUT2D eigenvalue weighted by Gasteiger charge is 2.29. The van der Waals surface area contributed by atoms with Crippen LogP contribution in [-0.4, -0.2) is 42.3 Å². The monoisotopic (exact) mass is 480 g/mol. The zero-order valence-corrected chi connectivity index (χ0v) is 20.6. The minimum absolute atomic E-state index is 0.0254. The van der Waals surface area contributed by atoms with Gasteiger partial charge in [-0.05, 0) is 47.4 Å². The van der Waals surface area contributed by atoms with Gasteiger partial charge >= 0.3 is 12.1 Å². The topological polar surface area (TPSA) is 105 Å². The number of carboxylic acids is 1. The Morgan fingerprint density at radius 1 is 0.943 bits per heavy atom. The standard InChI is InChI=1S/C28H36N2O5/c1-3-9-25(27(32)33)30-26(31)15-14-19(4-2)16-17-29-28(34)35-18-24-22-12-7-5-10-20(22)21-11-6-8-13-23(21)24/h5-8,10-13,19,24-25H,3-4,9,14-18H2,1-2H3,(H,29,34)(H,30,31)(H,32,33). The molecule has 35 heavy (non-hydrogen) atoms. The summed E-state index contributed by atoms with van der Waals surface area (Å²) in [7, 11) is 0. The first-order valence-corrected chi connectivity index (χ1v) is 12.6. The van der Waals surface area contributed by atoms with E-state index in [1.54, 1.807) is 0 Å². The Labute approximate surface area is 207 Å². The van der Waals surface area contributed by atoms with E-state index in [-0.39, 0.29) is 30.8 Å². The number of hydrogen-bond acceptors (Lipinski definition) is 4. The van der Waals surface area contributed by atoms with Gasteiger partial charge in [0.25, 0.3) is 0 Å². The van der Waals surface area contributed by atoms with E-state index < -0.39 is 18.1 Å². The average molecular weight is 481 g/mol. The number of rotatable bonds is 13. The summed E-state index contributed by atoms with van der Waals surface area (Å²) in [5.41, 5.74) is 4.73. The number of benzene rings is 2. The smallest absolute Gasteiger partial charge is 0.407 e. The van der Waals surface area contributed by atoms with Crippen LogP contribution in [0.5, 0.6) is 0 Å². The first kappa shape index (κ1) is 26.3. The predicted octanol–water partition coefficient (Wildman–Crippen LogP) is 5.09. The Hall–Kier alpha value is -3.35. The van der Waals surface area contributed by atoms with Gasteiger partial charge in [-0.1, -0.05) is 75.2 Å². The Balaban J connectivity index is 1.41. The fourth-order valence-electron chi connectivity index (χ4n) is 4.73. The molecule has 0 aliphatic heterocycles. The van der Waals surface area contributed by atoms with Crippen LogP contribution in [0.3, 0.4) is 0 Å².